The van der Waals surface area contributed by atoms with E-state index in [1.54, 1.807) is 23.1 Å². The summed E-state index contributed by atoms with van der Waals surface area (Å²) >= 11 is 0. The number of rotatable bonds is 4. The highest BCUT2D eigenvalue weighted by Crippen LogP contribution is 2.34. The van der Waals surface area contributed by atoms with E-state index in [2.05, 4.69) is 10.6 Å². The number of nitrogens with one attached hydrogen (secondary N) is 2. The molecular weight excluding hydrogens is 395 g/mol. The van der Waals surface area contributed by atoms with Crippen molar-refractivity contribution in [3.05, 3.63) is 59.6 Å². The van der Waals surface area contributed by atoms with Gasteiger partial charge in [0, 0.05) is 31.9 Å². The van der Waals surface area contributed by atoms with Gasteiger partial charge in [-0.25, -0.2) is 4.79 Å². The van der Waals surface area contributed by atoms with Gasteiger partial charge in [0.15, 0.2) is 0 Å². The van der Waals surface area contributed by atoms with Crippen molar-refractivity contribution in [2.24, 2.45) is 11.7 Å². The molecule has 1 fully saturated rings. The number of allylic oxidation sites excluding steroid dienone is 7. The van der Waals surface area contributed by atoms with Gasteiger partial charge < -0.3 is 26.2 Å². The van der Waals surface area contributed by atoms with Gasteiger partial charge in [-0.3, -0.25) is 0 Å². The van der Waals surface area contributed by atoms with Gasteiger partial charge in [-0.1, -0.05) is 24.3 Å². The lowest BCUT2D eigenvalue weighted by molar-refractivity contribution is -0.162. The molecule has 0 aromatic heterocycles. The van der Waals surface area contributed by atoms with Crippen LogP contribution < -0.4 is 16.4 Å². The first-order chi connectivity index (χ1) is 14.3. The van der Waals surface area contributed by atoms with E-state index in [1.165, 1.54) is 6.08 Å². The predicted molar refractivity (Wildman–Crippen MR) is 110 cm³/mol. The second kappa shape index (κ2) is 9.77. The summed E-state index contributed by atoms with van der Waals surface area (Å²) in [6, 6.07) is -0.212. The summed E-state index contributed by atoms with van der Waals surface area (Å²) in [5.41, 5.74) is 7.91. The summed E-state index contributed by atoms with van der Waals surface area (Å²) in [6.07, 6.45) is 9.49. The van der Waals surface area contributed by atoms with Crippen LogP contribution in [0.2, 0.25) is 0 Å². The van der Waals surface area contributed by atoms with E-state index in [-0.39, 0.29) is 19.1 Å². The first-order valence-corrected chi connectivity index (χ1v) is 10.1. The van der Waals surface area contributed by atoms with Crippen LogP contribution in [0.4, 0.5) is 18.0 Å². The molecule has 3 aliphatic rings. The molecule has 1 unspecified atom stereocenters. The average Bonchev–Trinajstić information content (AvgIpc) is 3.09. The van der Waals surface area contributed by atoms with E-state index in [9.17, 15) is 18.0 Å². The Morgan fingerprint density at radius 1 is 1.20 bits per heavy atom. The number of carbonyl (C=O) groups is 1. The Kier molecular flexibility index (Phi) is 7.12. The Bertz CT molecular complexity index is 774. The predicted octanol–water partition coefficient (Wildman–Crippen LogP) is 2.96. The van der Waals surface area contributed by atoms with Gasteiger partial charge in [-0.15, -0.1) is 0 Å². The Morgan fingerprint density at radius 3 is 2.70 bits per heavy atom. The van der Waals surface area contributed by atoms with Crippen LogP contribution in [0.3, 0.4) is 0 Å². The molecule has 1 atom stereocenters. The van der Waals surface area contributed by atoms with Crippen molar-refractivity contribution in [2.75, 3.05) is 32.8 Å². The van der Waals surface area contributed by atoms with E-state index in [1.807, 2.05) is 23.1 Å². The highest BCUT2D eigenvalue weighted by molar-refractivity contribution is 5.74. The minimum absolute atomic E-state index is 0.0745. The largest absolute Gasteiger partial charge is 0.397 e. The number of urea groups is 1. The molecular formula is C21H28F3N5O. The standard InChI is InChI=1S/C21H28F3N5O/c22-21(23,24)16-6-4-5-7-17(14-16)28-10-12-29(13-11-28)20(30)27-15-26-19-9-3-1-2-8-18(19)25/h1-2,5,7-9,14,16,26H,3-4,6,10-13,15,25H2,(H,27,30). The maximum Gasteiger partial charge on any atom is 0.395 e. The molecule has 164 valence electrons. The summed E-state index contributed by atoms with van der Waals surface area (Å²) in [7, 11) is 0. The van der Waals surface area contributed by atoms with Crippen LogP contribution in [0.1, 0.15) is 19.3 Å². The van der Waals surface area contributed by atoms with Gasteiger partial charge in [0.25, 0.3) is 0 Å². The fraction of sp³-hybridized carbons (Fsp3) is 0.476. The Morgan fingerprint density at radius 2 is 1.97 bits per heavy atom. The van der Waals surface area contributed by atoms with Gasteiger partial charge in [0.2, 0.25) is 0 Å². The maximum atomic E-state index is 13.2. The minimum Gasteiger partial charge on any atom is -0.397 e. The van der Waals surface area contributed by atoms with Crippen LogP contribution in [0, 0.1) is 5.92 Å². The zero-order valence-electron chi connectivity index (χ0n) is 16.8. The van der Waals surface area contributed by atoms with Crippen LogP contribution in [-0.4, -0.2) is 54.9 Å². The minimum atomic E-state index is -4.23. The third-order valence-electron chi connectivity index (χ3n) is 5.36. The second-order valence-electron chi connectivity index (χ2n) is 7.43. The van der Waals surface area contributed by atoms with Gasteiger partial charge in [0.1, 0.15) is 0 Å². The highest BCUT2D eigenvalue weighted by atomic mass is 19.4. The van der Waals surface area contributed by atoms with Crippen molar-refractivity contribution in [3.63, 3.8) is 0 Å². The molecule has 30 heavy (non-hydrogen) atoms. The first kappa shape index (κ1) is 21.9. The van der Waals surface area contributed by atoms with Gasteiger partial charge in [-0.2, -0.15) is 13.2 Å². The number of hydrogen-bond donors (Lipinski definition) is 3. The molecule has 0 saturated carbocycles. The number of halogens is 3. The Balaban J connectivity index is 1.47. The fourth-order valence-electron chi connectivity index (χ4n) is 3.61. The molecule has 0 bridgehead atoms. The number of piperazine rings is 1. The quantitative estimate of drug-likeness (QED) is 0.608. The lowest BCUT2D eigenvalue weighted by Gasteiger charge is -2.37. The number of alkyl halides is 3. The molecule has 4 N–H and O–H groups in total. The first-order valence-electron chi connectivity index (χ1n) is 10.1. The van der Waals surface area contributed by atoms with Crippen molar-refractivity contribution in [1.29, 1.82) is 0 Å². The molecule has 9 heteroatoms. The van der Waals surface area contributed by atoms with Gasteiger partial charge in [-0.05, 0) is 37.5 Å². The molecule has 0 aromatic carbocycles. The lowest BCUT2D eigenvalue weighted by Crippen LogP contribution is -2.52. The van der Waals surface area contributed by atoms with E-state index < -0.39 is 12.1 Å². The normalized spacial score (nSPS) is 22.5. The summed E-state index contributed by atoms with van der Waals surface area (Å²) in [6.45, 7) is 2.12. The van der Waals surface area contributed by atoms with E-state index in [0.717, 1.165) is 12.1 Å². The summed E-state index contributed by atoms with van der Waals surface area (Å²) in [4.78, 5) is 16.0. The Labute approximate surface area is 174 Å². The zero-order chi connectivity index (χ0) is 21.6. The third-order valence-corrected chi connectivity index (χ3v) is 5.36. The molecule has 1 heterocycles. The smallest absolute Gasteiger partial charge is 0.395 e. The molecule has 1 aliphatic heterocycles. The number of carbonyl (C=O) groups excluding carboxylic acids is 1. The SMILES string of the molecule is NC1=CC=CCC=C1NCNC(=O)N1CCN(C2=CC(C(F)(F)F)CCC=C2)CC1. The number of nitrogens with two attached hydrogens (primary N) is 1. The number of nitrogens with zero attached hydrogens (tertiary/aromatic N) is 2. The van der Waals surface area contributed by atoms with Gasteiger partial charge in [0.05, 0.1) is 24.0 Å². The van der Waals surface area contributed by atoms with Crippen molar-refractivity contribution in [3.8, 4) is 0 Å². The third kappa shape index (κ3) is 5.84. The van der Waals surface area contributed by atoms with Crippen LogP contribution in [0.25, 0.3) is 0 Å². The van der Waals surface area contributed by atoms with E-state index in [4.69, 9.17) is 5.73 Å². The van der Waals surface area contributed by atoms with Crippen molar-refractivity contribution in [1.82, 2.24) is 20.4 Å². The molecule has 0 aromatic rings. The number of amides is 2. The summed E-state index contributed by atoms with van der Waals surface area (Å²) < 4.78 is 39.5. The summed E-state index contributed by atoms with van der Waals surface area (Å²) in [5, 5.41) is 5.91. The fourth-order valence-corrected chi connectivity index (χ4v) is 3.61. The molecule has 0 radical (unpaired) electrons. The molecule has 1 saturated heterocycles. The summed E-state index contributed by atoms with van der Waals surface area (Å²) in [5.74, 6) is -1.43. The topological polar surface area (TPSA) is 73.6 Å². The molecule has 3 rings (SSSR count). The number of hydrogen-bond acceptors (Lipinski definition) is 4. The molecule has 6 nitrogen and oxygen atoms in total. The van der Waals surface area contributed by atoms with Crippen molar-refractivity contribution in [2.45, 2.75) is 25.4 Å². The monoisotopic (exact) mass is 423 g/mol. The van der Waals surface area contributed by atoms with Gasteiger partial charge >= 0.3 is 12.2 Å². The average molecular weight is 423 g/mol. The highest BCUT2D eigenvalue weighted by Gasteiger charge is 2.38. The van der Waals surface area contributed by atoms with Crippen LogP contribution in [0.15, 0.2) is 59.6 Å². The van der Waals surface area contributed by atoms with Crippen molar-refractivity contribution < 1.29 is 18.0 Å². The Hall–Kier alpha value is -2.84. The molecule has 2 aliphatic carbocycles. The lowest BCUT2D eigenvalue weighted by atomic mass is 10.0. The zero-order valence-corrected chi connectivity index (χ0v) is 16.8. The van der Waals surface area contributed by atoms with E-state index >= 15 is 0 Å². The second-order valence-corrected chi connectivity index (χ2v) is 7.43. The van der Waals surface area contributed by atoms with Crippen LogP contribution in [0.5, 0.6) is 0 Å². The molecule has 2 amide bonds. The van der Waals surface area contributed by atoms with Crippen LogP contribution in [-0.2, 0) is 0 Å². The maximum absolute atomic E-state index is 13.2. The van der Waals surface area contributed by atoms with E-state index in [0.29, 0.717) is 44.0 Å². The molecule has 0 spiro atoms. The van der Waals surface area contributed by atoms with Crippen LogP contribution >= 0.6 is 0 Å². The van der Waals surface area contributed by atoms with Crippen molar-refractivity contribution >= 4 is 6.03 Å².